The van der Waals surface area contributed by atoms with Gasteiger partial charge in [0.25, 0.3) is 17.7 Å². The summed E-state index contributed by atoms with van der Waals surface area (Å²) in [5.74, 6) is -1.21. The van der Waals surface area contributed by atoms with E-state index < -0.39 is 21.8 Å². The van der Waals surface area contributed by atoms with Crippen molar-refractivity contribution in [2.24, 2.45) is 0 Å². The zero-order valence-electron chi connectivity index (χ0n) is 19.0. The Kier molecular flexibility index (Phi) is 7.11. The number of nitrogens with one attached hydrogen (secondary N) is 1. The van der Waals surface area contributed by atoms with Gasteiger partial charge in [-0.3, -0.25) is 19.3 Å². The maximum absolute atomic E-state index is 13.1. The second-order valence-electron chi connectivity index (χ2n) is 8.18. The van der Waals surface area contributed by atoms with Gasteiger partial charge in [-0.1, -0.05) is 31.5 Å². The number of rotatable bonds is 8. The van der Waals surface area contributed by atoms with Crippen LogP contribution in [-0.4, -0.2) is 68.2 Å². The number of unbranched alkanes of at least 4 members (excludes halogenated alkanes) is 1. The number of sulfonamides is 1. The first kappa shape index (κ1) is 24.1. The zero-order valence-corrected chi connectivity index (χ0v) is 19.8. The van der Waals surface area contributed by atoms with Crippen molar-refractivity contribution in [3.8, 4) is 0 Å². The molecule has 0 saturated carbocycles. The fraction of sp³-hybridized carbons (Fsp3) is 0.375. The largest absolute Gasteiger partial charge is 0.379 e. The van der Waals surface area contributed by atoms with Crippen LogP contribution in [0.15, 0.2) is 47.4 Å². The topological polar surface area (TPSA) is 113 Å². The minimum absolute atomic E-state index is 0.00877. The smallest absolute Gasteiger partial charge is 0.261 e. The van der Waals surface area contributed by atoms with Gasteiger partial charge in [0.05, 0.1) is 29.2 Å². The van der Waals surface area contributed by atoms with Gasteiger partial charge < -0.3 is 10.1 Å². The number of fused-ring (bicyclic) bond motifs is 1. The summed E-state index contributed by atoms with van der Waals surface area (Å²) < 4.78 is 32.8. The third-order valence-corrected chi connectivity index (χ3v) is 7.97. The summed E-state index contributed by atoms with van der Waals surface area (Å²) in [4.78, 5) is 39.3. The lowest BCUT2D eigenvalue weighted by atomic mass is 10.1. The summed E-state index contributed by atoms with van der Waals surface area (Å²) in [5.41, 5.74) is 1.19. The molecule has 10 heteroatoms. The van der Waals surface area contributed by atoms with E-state index in [2.05, 4.69) is 5.32 Å². The first-order valence-corrected chi connectivity index (χ1v) is 12.7. The molecule has 2 aliphatic heterocycles. The average Bonchev–Trinajstić information content (AvgIpc) is 3.10. The monoisotopic (exact) mass is 485 g/mol. The number of morpholine rings is 1. The van der Waals surface area contributed by atoms with Crippen molar-refractivity contribution >= 4 is 27.7 Å². The third-order valence-electron chi connectivity index (χ3n) is 5.97. The highest BCUT2D eigenvalue weighted by molar-refractivity contribution is 7.89. The van der Waals surface area contributed by atoms with Gasteiger partial charge >= 0.3 is 0 Å². The Hall–Kier alpha value is -3.08. The van der Waals surface area contributed by atoms with E-state index in [1.165, 1.54) is 33.5 Å². The van der Waals surface area contributed by atoms with E-state index >= 15 is 0 Å². The number of nitrogens with zero attached hydrogens (tertiary/aromatic N) is 2. The molecule has 0 bridgehead atoms. The second kappa shape index (κ2) is 10.0. The molecule has 4 rings (SSSR count). The van der Waals surface area contributed by atoms with E-state index in [1.54, 1.807) is 18.2 Å². The Morgan fingerprint density at radius 3 is 2.47 bits per heavy atom. The van der Waals surface area contributed by atoms with Crippen molar-refractivity contribution in [1.29, 1.82) is 0 Å². The molecule has 2 aromatic rings. The molecule has 9 nitrogen and oxygen atoms in total. The van der Waals surface area contributed by atoms with Crippen LogP contribution in [0, 0.1) is 0 Å². The quantitative estimate of drug-likeness (QED) is 0.573. The van der Waals surface area contributed by atoms with E-state index in [1.807, 2.05) is 6.92 Å². The standard InChI is InChI=1S/C24H27N3O6S/c1-2-3-10-27-23(29)19-9-8-17(15-20(19)24(27)30)22(28)25-16-18-6-4-5-7-21(18)34(31,32)26-11-13-33-14-12-26/h4-9,15H,2-3,10-14,16H2,1H3,(H,25,28). The van der Waals surface area contributed by atoms with Crippen LogP contribution >= 0.6 is 0 Å². The van der Waals surface area contributed by atoms with Gasteiger partial charge in [0.15, 0.2) is 0 Å². The molecule has 2 aliphatic rings. The Morgan fingerprint density at radius 1 is 1.03 bits per heavy atom. The average molecular weight is 486 g/mol. The fourth-order valence-electron chi connectivity index (χ4n) is 4.06. The van der Waals surface area contributed by atoms with Gasteiger partial charge in [-0.05, 0) is 36.2 Å². The number of carbonyl (C=O) groups excluding carboxylic acids is 3. The molecule has 0 spiro atoms. The Balaban J connectivity index is 1.49. The van der Waals surface area contributed by atoms with Crippen molar-refractivity contribution in [3.05, 3.63) is 64.7 Å². The summed E-state index contributed by atoms with van der Waals surface area (Å²) in [5, 5.41) is 2.74. The molecule has 1 saturated heterocycles. The molecule has 0 radical (unpaired) electrons. The van der Waals surface area contributed by atoms with E-state index in [-0.39, 0.29) is 41.6 Å². The molecule has 1 N–H and O–H groups in total. The van der Waals surface area contributed by atoms with Gasteiger partial charge in [0.2, 0.25) is 10.0 Å². The first-order chi connectivity index (χ1) is 16.3. The molecule has 0 aromatic heterocycles. The lowest BCUT2D eigenvalue weighted by molar-refractivity contribution is 0.0652. The van der Waals surface area contributed by atoms with Crippen molar-refractivity contribution < 1.29 is 27.5 Å². The number of benzene rings is 2. The summed E-state index contributed by atoms with van der Waals surface area (Å²) in [6.07, 6.45) is 1.56. The molecule has 0 atom stereocenters. The van der Waals surface area contributed by atoms with Crippen molar-refractivity contribution in [2.45, 2.75) is 31.2 Å². The number of hydrogen-bond acceptors (Lipinski definition) is 6. The minimum atomic E-state index is -3.73. The van der Waals surface area contributed by atoms with Crippen molar-refractivity contribution in [1.82, 2.24) is 14.5 Å². The number of ether oxygens (including phenoxy) is 1. The lowest BCUT2D eigenvalue weighted by Gasteiger charge is -2.27. The van der Waals surface area contributed by atoms with Crippen LogP contribution < -0.4 is 5.32 Å². The Labute approximate surface area is 198 Å². The highest BCUT2D eigenvalue weighted by Crippen LogP contribution is 2.25. The van der Waals surface area contributed by atoms with Gasteiger partial charge in [-0.2, -0.15) is 4.31 Å². The van der Waals surface area contributed by atoms with Crippen LogP contribution in [0.5, 0.6) is 0 Å². The van der Waals surface area contributed by atoms with Gasteiger partial charge in [-0.15, -0.1) is 0 Å². The minimum Gasteiger partial charge on any atom is -0.379 e. The van der Waals surface area contributed by atoms with E-state index in [4.69, 9.17) is 4.74 Å². The molecule has 0 aliphatic carbocycles. The Bertz CT molecular complexity index is 1220. The predicted molar refractivity (Wildman–Crippen MR) is 124 cm³/mol. The van der Waals surface area contributed by atoms with E-state index in [9.17, 15) is 22.8 Å². The molecule has 2 aromatic carbocycles. The summed E-state index contributed by atoms with van der Waals surface area (Å²) in [6.45, 7) is 3.55. The van der Waals surface area contributed by atoms with E-state index in [0.717, 1.165) is 6.42 Å². The summed E-state index contributed by atoms with van der Waals surface area (Å²) in [7, 11) is -3.73. The van der Waals surface area contributed by atoms with Crippen LogP contribution in [0.4, 0.5) is 0 Å². The molecular formula is C24H27N3O6S. The Morgan fingerprint density at radius 2 is 1.74 bits per heavy atom. The highest BCUT2D eigenvalue weighted by atomic mass is 32.2. The third kappa shape index (κ3) is 4.61. The predicted octanol–water partition coefficient (Wildman–Crippen LogP) is 2.03. The SMILES string of the molecule is CCCCN1C(=O)c2ccc(C(=O)NCc3ccccc3S(=O)(=O)N3CCOCC3)cc2C1=O. The lowest BCUT2D eigenvalue weighted by Crippen LogP contribution is -2.41. The highest BCUT2D eigenvalue weighted by Gasteiger charge is 2.35. The maximum atomic E-state index is 13.1. The van der Waals surface area contributed by atoms with E-state index in [0.29, 0.717) is 37.3 Å². The zero-order chi connectivity index (χ0) is 24.3. The van der Waals surface area contributed by atoms with Crippen LogP contribution in [-0.2, 0) is 21.3 Å². The van der Waals surface area contributed by atoms with Gasteiger partial charge in [-0.25, -0.2) is 8.42 Å². The van der Waals surface area contributed by atoms with Crippen LogP contribution in [0.1, 0.15) is 56.4 Å². The molecular weight excluding hydrogens is 458 g/mol. The molecule has 3 amide bonds. The molecule has 34 heavy (non-hydrogen) atoms. The number of hydrogen-bond donors (Lipinski definition) is 1. The molecule has 180 valence electrons. The van der Waals surface area contributed by atoms with Crippen molar-refractivity contribution in [2.75, 3.05) is 32.8 Å². The normalized spacial score (nSPS) is 16.6. The summed E-state index contributed by atoms with van der Waals surface area (Å²) >= 11 is 0. The number of imide groups is 1. The van der Waals surface area contributed by atoms with Crippen molar-refractivity contribution in [3.63, 3.8) is 0 Å². The molecule has 1 fully saturated rings. The second-order valence-corrected chi connectivity index (χ2v) is 10.1. The van der Waals surface area contributed by atoms with Gasteiger partial charge in [0, 0.05) is 31.7 Å². The maximum Gasteiger partial charge on any atom is 0.261 e. The number of amides is 3. The van der Waals surface area contributed by atoms with Crippen LogP contribution in [0.25, 0.3) is 0 Å². The molecule has 2 heterocycles. The van der Waals surface area contributed by atoms with Crippen LogP contribution in [0.3, 0.4) is 0 Å². The summed E-state index contributed by atoms with van der Waals surface area (Å²) in [6, 6.07) is 11.0. The number of carbonyl (C=O) groups is 3. The van der Waals surface area contributed by atoms with Gasteiger partial charge in [0.1, 0.15) is 0 Å². The molecule has 0 unspecified atom stereocenters. The fourth-order valence-corrected chi connectivity index (χ4v) is 5.69. The first-order valence-electron chi connectivity index (χ1n) is 11.3. The van der Waals surface area contributed by atoms with Crippen LogP contribution in [0.2, 0.25) is 0 Å².